The van der Waals surface area contributed by atoms with E-state index < -0.39 is 15.9 Å². The Morgan fingerprint density at radius 1 is 1.06 bits per heavy atom. The maximum absolute atomic E-state index is 13.1. The molecule has 1 aromatic heterocycles. The third-order valence-corrected chi connectivity index (χ3v) is 7.32. The van der Waals surface area contributed by atoms with Crippen LogP contribution in [0, 0.1) is 5.82 Å². The van der Waals surface area contributed by atoms with Crippen LogP contribution >= 0.6 is 11.6 Å². The third-order valence-electron chi connectivity index (χ3n) is 5.10. The molecule has 1 fully saturated rings. The van der Waals surface area contributed by atoms with Crippen molar-refractivity contribution in [3.63, 3.8) is 0 Å². The van der Waals surface area contributed by atoms with Crippen LogP contribution in [-0.2, 0) is 16.6 Å². The van der Waals surface area contributed by atoms with Gasteiger partial charge in [0.05, 0.1) is 22.0 Å². The van der Waals surface area contributed by atoms with Crippen LogP contribution in [0.2, 0.25) is 5.02 Å². The number of hydrogen-bond donors (Lipinski definition) is 1. The fraction of sp³-hybridized carbons (Fsp3) is 0.227. The van der Waals surface area contributed by atoms with Gasteiger partial charge in [0.15, 0.2) is 0 Å². The number of hydrogen-bond acceptors (Lipinski definition) is 4. The maximum Gasteiger partial charge on any atom is 0.253 e. The fourth-order valence-corrected chi connectivity index (χ4v) is 5.17. The van der Waals surface area contributed by atoms with Crippen molar-refractivity contribution in [2.45, 2.75) is 24.3 Å². The van der Waals surface area contributed by atoms with Crippen molar-refractivity contribution in [3.8, 4) is 11.3 Å². The Balaban J connectivity index is 1.47. The third kappa shape index (κ3) is 4.66. The SMILES string of the molecule is O=C(NCc1ccc(-c2ccc(F)cc2)o1)c1cc(S(=O)(=O)N2CCCC2)ccc1Cl. The first kappa shape index (κ1) is 21.5. The van der Waals surface area contributed by atoms with E-state index >= 15 is 0 Å². The molecular weight excluding hydrogens is 443 g/mol. The molecule has 2 heterocycles. The predicted octanol–water partition coefficient (Wildman–Crippen LogP) is 4.45. The zero-order valence-corrected chi connectivity index (χ0v) is 18.0. The molecule has 31 heavy (non-hydrogen) atoms. The van der Waals surface area contributed by atoms with Crippen LogP contribution in [0.15, 0.2) is 63.9 Å². The smallest absolute Gasteiger partial charge is 0.253 e. The van der Waals surface area contributed by atoms with E-state index in [0.717, 1.165) is 12.8 Å². The second kappa shape index (κ2) is 8.82. The van der Waals surface area contributed by atoms with E-state index in [-0.39, 0.29) is 27.8 Å². The molecule has 1 aliphatic heterocycles. The first-order valence-electron chi connectivity index (χ1n) is 9.77. The molecule has 0 unspecified atom stereocenters. The van der Waals surface area contributed by atoms with Crippen molar-refractivity contribution in [2.24, 2.45) is 0 Å². The van der Waals surface area contributed by atoms with Gasteiger partial charge in [0.1, 0.15) is 17.3 Å². The molecule has 4 rings (SSSR count). The van der Waals surface area contributed by atoms with E-state index in [1.165, 1.54) is 34.6 Å². The van der Waals surface area contributed by atoms with Gasteiger partial charge in [-0.2, -0.15) is 4.31 Å². The van der Waals surface area contributed by atoms with Gasteiger partial charge in [-0.1, -0.05) is 11.6 Å². The van der Waals surface area contributed by atoms with Gasteiger partial charge < -0.3 is 9.73 Å². The summed E-state index contributed by atoms with van der Waals surface area (Å²) in [6.07, 6.45) is 1.65. The van der Waals surface area contributed by atoms with Crippen LogP contribution < -0.4 is 5.32 Å². The molecule has 1 amide bonds. The summed E-state index contributed by atoms with van der Waals surface area (Å²) in [7, 11) is -3.66. The highest BCUT2D eigenvalue weighted by atomic mass is 35.5. The topological polar surface area (TPSA) is 79.6 Å². The standard InChI is InChI=1S/C22H20ClFN2O4S/c23-20-9-8-18(31(28,29)26-11-1-2-12-26)13-19(20)22(27)25-14-17-7-10-21(30-17)15-3-5-16(24)6-4-15/h3-10,13H,1-2,11-12,14H2,(H,25,27). The van der Waals surface area contributed by atoms with Crippen LogP contribution in [0.5, 0.6) is 0 Å². The molecule has 0 spiro atoms. The Kier molecular flexibility index (Phi) is 6.13. The summed E-state index contributed by atoms with van der Waals surface area (Å²) in [4.78, 5) is 12.7. The molecule has 1 N–H and O–H groups in total. The lowest BCUT2D eigenvalue weighted by Gasteiger charge is -2.16. The summed E-state index contributed by atoms with van der Waals surface area (Å²) >= 11 is 6.16. The van der Waals surface area contributed by atoms with Gasteiger partial charge >= 0.3 is 0 Å². The van der Waals surface area contributed by atoms with Crippen LogP contribution in [0.3, 0.4) is 0 Å². The molecule has 162 valence electrons. The molecule has 6 nitrogen and oxygen atoms in total. The van der Waals surface area contributed by atoms with Crippen molar-refractivity contribution in [3.05, 3.63) is 76.8 Å². The van der Waals surface area contributed by atoms with E-state index in [0.29, 0.717) is 30.2 Å². The summed E-state index contributed by atoms with van der Waals surface area (Å²) in [6.45, 7) is 1.03. The number of nitrogens with zero attached hydrogens (tertiary/aromatic N) is 1. The highest BCUT2D eigenvalue weighted by molar-refractivity contribution is 7.89. The highest BCUT2D eigenvalue weighted by Gasteiger charge is 2.28. The van der Waals surface area contributed by atoms with Gasteiger partial charge in [-0.05, 0) is 67.4 Å². The minimum Gasteiger partial charge on any atom is -0.459 e. The Bertz CT molecular complexity index is 1200. The molecular formula is C22H20ClFN2O4S. The van der Waals surface area contributed by atoms with Gasteiger partial charge in [-0.3, -0.25) is 4.79 Å². The quantitative estimate of drug-likeness (QED) is 0.586. The fourth-order valence-electron chi connectivity index (χ4n) is 3.42. The van der Waals surface area contributed by atoms with E-state index in [9.17, 15) is 17.6 Å². The molecule has 0 saturated carbocycles. The molecule has 0 aliphatic carbocycles. The summed E-state index contributed by atoms with van der Waals surface area (Å²) in [5.41, 5.74) is 0.786. The summed E-state index contributed by atoms with van der Waals surface area (Å²) in [5, 5.41) is 2.85. The van der Waals surface area contributed by atoms with Crippen LogP contribution in [0.4, 0.5) is 4.39 Å². The van der Waals surface area contributed by atoms with Gasteiger partial charge in [0.2, 0.25) is 10.0 Å². The van der Waals surface area contributed by atoms with Gasteiger partial charge in [-0.15, -0.1) is 0 Å². The molecule has 0 radical (unpaired) electrons. The maximum atomic E-state index is 13.1. The Morgan fingerprint density at radius 3 is 2.48 bits per heavy atom. The lowest BCUT2D eigenvalue weighted by atomic mass is 10.2. The molecule has 0 atom stereocenters. The lowest BCUT2D eigenvalue weighted by molar-refractivity contribution is 0.0948. The number of nitrogens with one attached hydrogen (secondary N) is 1. The Labute approximate surface area is 184 Å². The zero-order valence-electron chi connectivity index (χ0n) is 16.5. The molecule has 3 aromatic rings. The summed E-state index contributed by atoms with van der Waals surface area (Å²) < 4.78 is 45.7. The van der Waals surface area contributed by atoms with Gasteiger partial charge in [-0.25, -0.2) is 12.8 Å². The van der Waals surface area contributed by atoms with E-state index in [4.69, 9.17) is 16.0 Å². The molecule has 1 aliphatic rings. The number of furan rings is 1. The van der Waals surface area contributed by atoms with Crippen LogP contribution in [0.25, 0.3) is 11.3 Å². The normalized spacial score (nSPS) is 14.6. The summed E-state index contributed by atoms with van der Waals surface area (Å²) in [6, 6.07) is 13.4. The number of amides is 1. The van der Waals surface area contributed by atoms with Crippen LogP contribution in [0.1, 0.15) is 29.0 Å². The van der Waals surface area contributed by atoms with E-state index in [1.54, 1.807) is 24.3 Å². The Morgan fingerprint density at radius 2 is 1.77 bits per heavy atom. The number of carbonyl (C=O) groups is 1. The molecule has 2 aromatic carbocycles. The molecule has 1 saturated heterocycles. The monoisotopic (exact) mass is 462 g/mol. The van der Waals surface area contributed by atoms with Crippen molar-refractivity contribution in [1.82, 2.24) is 9.62 Å². The zero-order chi connectivity index (χ0) is 22.0. The first-order chi connectivity index (χ1) is 14.8. The minimum absolute atomic E-state index is 0.0422. The Hall–Kier alpha value is -2.68. The van der Waals surface area contributed by atoms with Gasteiger partial charge in [0.25, 0.3) is 5.91 Å². The number of carbonyl (C=O) groups excluding carboxylic acids is 1. The number of halogens is 2. The highest BCUT2D eigenvalue weighted by Crippen LogP contribution is 2.26. The van der Waals surface area contributed by atoms with Crippen LogP contribution in [-0.4, -0.2) is 31.7 Å². The second-order valence-corrected chi connectivity index (χ2v) is 9.55. The van der Waals surface area contributed by atoms with Crippen molar-refractivity contribution in [1.29, 1.82) is 0 Å². The number of rotatable bonds is 6. The van der Waals surface area contributed by atoms with E-state index in [1.807, 2.05) is 0 Å². The summed E-state index contributed by atoms with van der Waals surface area (Å²) in [5.74, 6) is 0.183. The van der Waals surface area contributed by atoms with E-state index in [2.05, 4.69) is 5.32 Å². The largest absolute Gasteiger partial charge is 0.459 e. The predicted molar refractivity (Wildman–Crippen MR) is 115 cm³/mol. The number of benzene rings is 2. The molecule has 9 heteroatoms. The van der Waals surface area contributed by atoms with Crippen molar-refractivity contribution >= 4 is 27.5 Å². The molecule has 0 bridgehead atoms. The van der Waals surface area contributed by atoms with Crippen molar-refractivity contribution in [2.75, 3.05) is 13.1 Å². The van der Waals surface area contributed by atoms with Crippen molar-refractivity contribution < 1.29 is 22.0 Å². The lowest BCUT2D eigenvalue weighted by Crippen LogP contribution is -2.28. The number of sulfonamides is 1. The minimum atomic E-state index is -3.66. The van der Waals surface area contributed by atoms with Gasteiger partial charge in [0, 0.05) is 18.7 Å². The average molecular weight is 463 g/mol. The second-order valence-electron chi connectivity index (χ2n) is 7.21. The first-order valence-corrected chi connectivity index (χ1v) is 11.6. The average Bonchev–Trinajstić information content (AvgIpc) is 3.45.